The molecule has 0 unspecified atom stereocenters. The molecule has 1 aliphatic rings. The maximum absolute atomic E-state index is 13.5. The van der Waals surface area contributed by atoms with E-state index < -0.39 is 6.10 Å². The minimum atomic E-state index is -0.410. The Morgan fingerprint density at radius 3 is 2.84 bits per heavy atom. The fourth-order valence-electron chi connectivity index (χ4n) is 2.72. The highest BCUT2D eigenvalue weighted by atomic mass is 32.1. The summed E-state index contributed by atoms with van der Waals surface area (Å²) in [6, 6.07) is 13.8. The molecule has 0 amide bonds. The summed E-state index contributed by atoms with van der Waals surface area (Å²) in [6.45, 7) is 0.324. The van der Waals surface area contributed by atoms with Gasteiger partial charge in [0.15, 0.2) is 23.4 Å². The molecule has 0 saturated heterocycles. The van der Waals surface area contributed by atoms with Gasteiger partial charge in [-0.3, -0.25) is 0 Å². The zero-order chi connectivity index (χ0) is 16.8. The molecule has 0 spiro atoms. The Morgan fingerprint density at radius 1 is 1.08 bits per heavy atom. The first kappa shape index (κ1) is 14.4. The summed E-state index contributed by atoms with van der Waals surface area (Å²) >= 11 is 1.34. The van der Waals surface area contributed by atoms with Gasteiger partial charge in [-0.05, 0) is 24.3 Å². The number of hydrogen-bond donors (Lipinski definition) is 0. The lowest BCUT2D eigenvalue weighted by atomic mass is 10.2. The molecule has 0 fully saturated rings. The van der Waals surface area contributed by atoms with Gasteiger partial charge < -0.3 is 9.47 Å². The van der Waals surface area contributed by atoms with Gasteiger partial charge in [0.25, 0.3) is 0 Å². The molecule has 5 rings (SSSR count). The van der Waals surface area contributed by atoms with Gasteiger partial charge in [0.05, 0.1) is 0 Å². The Bertz CT molecular complexity index is 1080. The van der Waals surface area contributed by atoms with Crippen LogP contribution in [0, 0.1) is 5.82 Å². The first-order chi connectivity index (χ1) is 12.3. The molecule has 1 aliphatic heterocycles. The SMILES string of the molecule is Fc1cccc(-c2nn3c([C@H]4COc5ccccc5O4)nnc3s2)c1. The summed E-state index contributed by atoms with van der Waals surface area (Å²) in [6.07, 6.45) is -0.410. The van der Waals surface area contributed by atoms with Crippen LogP contribution in [0.5, 0.6) is 11.5 Å². The van der Waals surface area contributed by atoms with Crippen molar-refractivity contribution in [3.8, 4) is 22.1 Å². The Kier molecular flexibility index (Phi) is 3.17. The quantitative estimate of drug-likeness (QED) is 0.551. The number of aromatic nitrogens is 4. The van der Waals surface area contributed by atoms with E-state index in [4.69, 9.17) is 9.47 Å². The third-order valence-electron chi connectivity index (χ3n) is 3.88. The topological polar surface area (TPSA) is 61.5 Å². The van der Waals surface area contributed by atoms with E-state index in [9.17, 15) is 4.39 Å². The molecule has 3 heterocycles. The molecule has 124 valence electrons. The standard InChI is InChI=1S/C17H11FN4O2S/c18-11-5-3-4-10(8-11)16-21-22-15(19-20-17(22)25-16)14-9-23-12-6-1-2-7-13(12)24-14/h1-8,14H,9H2/t14-/m1/s1. The number of para-hydroxylation sites is 2. The third-order valence-corrected chi connectivity index (χ3v) is 4.83. The highest BCUT2D eigenvalue weighted by Gasteiger charge is 2.28. The number of halogens is 1. The van der Waals surface area contributed by atoms with Gasteiger partial charge in [-0.25, -0.2) is 4.39 Å². The number of benzene rings is 2. The molecule has 4 aromatic rings. The van der Waals surface area contributed by atoms with Crippen molar-refractivity contribution in [2.24, 2.45) is 0 Å². The second kappa shape index (κ2) is 5.52. The lowest BCUT2D eigenvalue weighted by Crippen LogP contribution is -2.23. The Morgan fingerprint density at radius 2 is 1.96 bits per heavy atom. The van der Waals surface area contributed by atoms with Crippen molar-refractivity contribution in [2.75, 3.05) is 6.61 Å². The Hall–Kier alpha value is -3.00. The van der Waals surface area contributed by atoms with Crippen molar-refractivity contribution < 1.29 is 13.9 Å². The average molecular weight is 354 g/mol. The van der Waals surface area contributed by atoms with E-state index >= 15 is 0 Å². The number of rotatable bonds is 2. The van der Waals surface area contributed by atoms with E-state index in [1.165, 1.54) is 23.5 Å². The van der Waals surface area contributed by atoms with Gasteiger partial charge in [0.2, 0.25) is 4.96 Å². The van der Waals surface area contributed by atoms with E-state index in [2.05, 4.69) is 15.3 Å². The van der Waals surface area contributed by atoms with Crippen LogP contribution in [0.3, 0.4) is 0 Å². The molecule has 0 saturated carbocycles. The largest absolute Gasteiger partial charge is 0.485 e. The number of nitrogens with zero attached hydrogens (tertiary/aromatic N) is 4. The second-order valence-electron chi connectivity index (χ2n) is 5.53. The lowest BCUT2D eigenvalue weighted by molar-refractivity contribution is 0.0836. The summed E-state index contributed by atoms with van der Waals surface area (Å²) in [4.78, 5) is 0.622. The van der Waals surface area contributed by atoms with Crippen LogP contribution in [0.1, 0.15) is 11.9 Å². The number of ether oxygens (including phenoxy) is 2. The molecule has 25 heavy (non-hydrogen) atoms. The predicted molar refractivity (Wildman–Crippen MR) is 89.4 cm³/mol. The van der Waals surface area contributed by atoms with E-state index in [1.54, 1.807) is 10.6 Å². The van der Waals surface area contributed by atoms with Crippen molar-refractivity contribution in [3.05, 3.63) is 60.2 Å². The van der Waals surface area contributed by atoms with E-state index in [0.29, 0.717) is 39.5 Å². The number of fused-ring (bicyclic) bond motifs is 2. The molecule has 6 nitrogen and oxygen atoms in total. The Labute approximate surface area is 145 Å². The molecule has 1 atom stereocenters. The van der Waals surface area contributed by atoms with Gasteiger partial charge in [-0.2, -0.15) is 9.61 Å². The van der Waals surface area contributed by atoms with Crippen LogP contribution in [0.4, 0.5) is 4.39 Å². The molecule has 2 aromatic carbocycles. The highest BCUT2D eigenvalue weighted by Crippen LogP contribution is 2.36. The van der Waals surface area contributed by atoms with Crippen molar-refractivity contribution in [3.63, 3.8) is 0 Å². The molecular formula is C17H11FN4O2S. The molecule has 8 heteroatoms. The van der Waals surface area contributed by atoms with Gasteiger partial charge in [-0.15, -0.1) is 10.2 Å². The van der Waals surface area contributed by atoms with Crippen molar-refractivity contribution in [2.45, 2.75) is 6.10 Å². The summed E-state index contributed by atoms with van der Waals surface area (Å²) in [5, 5.41) is 13.5. The van der Waals surface area contributed by atoms with Crippen LogP contribution >= 0.6 is 11.3 Å². The van der Waals surface area contributed by atoms with Crippen molar-refractivity contribution >= 4 is 16.3 Å². The van der Waals surface area contributed by atoms with Gasteiger partial charge in [-0.1, -0.05) is 35.6 Å². The molecular weight excluding hydrogens is 343 g/mol. The fourth-order valence-corrected chi connectivity index (χ4v) is 3.56. The monoisotopic (exact) mass is 354 g/mol. The second-order valence-corrected chi connectivity index (χ2v) is 6.49. The predicted octanol–water partition coefficient (Wildman–Crippen LogP) is 3.50. The van der Waals surface area contributed by atoms with Crippen LogP contribution in [0.25, 0.3) is 15.5 Å². The van der Waals surface area contributed by atoms with Gasteiger partial charge >= 0.3 is 0 Å². The van der Waals surface area contributed by atoms with Crippen molar-refractivity contribution in [1.29, 1.82) is 0 Å². The van der Waals surface area contributed by atoms with Crippen LogP contribution < -0.4 is 9.47 Å². The highest BCUT2D eigenvalue weighted by molar-refractivity contribution is 7.19. The van der Waals surface area contributed by atoms with E-state index in [1.807, 2.05) is 30.3 Å². The zero-order valence-corrected chi connectivity index (χ0v) is 13.6. The van der Waals surface area contributed by atoms with E-state index in [-0.39, 0.29) is 5.82 Å². The van der Waals surface area contributed by atoms with Crippen LogP contribution in [-0.2, 0) is 0 Å². The summed E-state index contributed by atoms with van der Waals surface area (Å²) < 4.78 is 26.8. The zero-order valence-electron chi connectivity index (χ0n) is 12.8. The van der Waals surface area contributed by atoms with E-state index in [0.717, 1.165) is 0 Å². The minimum Gasteiger partial charge on any atom is -0.485 e. The molecule has 0 radical (unpaired) electrons. The van der Waals surface area contributed by atoms with Gasteiger partial charge in [0.1, 0.15) is 17.4 Å². The normalized spacial score (nSPS) is 16.3. The van der Waals surface area contributed by atoms with Gasteiger partial charge in [0, 0.05) is 5.56 Å². The minimum absolute atomic E-state index is 0.302. The fraction of sp³-hybridized carbons (Fsp3) is 0.118. The first-order valence-electron chi connectivity index (χ1n) is 7.64. The van der Waals surface area contributed by atoms with Crippen LogP contribution in [0.15, 0.2) is 48.5 Å². The summed E-state index contributed by atoms with van der Waals surface area (Å²) in [7, 11) is 0. The third kappa shape index (κ3) is 2.42. The Balaban J connectivity index is 1.53. The van der Waals surface area contributed by atoms with Crippen LogP contribution in [0.2, 0.25) is 0 Å². The average Bonchev–Trinajstić information content (AvgIpc) is 3.22. The molecule has 0 aliphatic carbocycles. The maximum atomic E-state index is 13.5. The molecule has 0 N–H and O–H groups in total. The smallest absolute Gasteiger partial charge is 0.235 e. The molecule has 2 aromatic heterocycles. The molecule has 0 bridgehead atoms. The maximum Gasteiger partial charge on any atom is 0.235 e. The van der Waals surface area contributed by atoms with Crippen LogP contribution in [-0.4, -0.2) is 26.4 Å². The lowest BCUT2D eigenvalue weighted by Gasteiger charge is -2.24. The summed E-state index contributed by atoms with van der Waals surface area (Å²) in [5.41, 5.74) is 0.701. The number of hydrogen-bond acceptors (Lipinski definition) is 6. The summed E-state index contributed by atoms with van der Waals surface area (Å²) in [5.74, 6) is 1.63. The first-order valence-corrected chi connectivity index (χ1v) is 8.46. The van der Waals surface area contributed by atoms with Crippen molar-refractivity contribution in [1.82, 2.24) is 19.8 Å².